The zero-order chi connectivity index (χ0) is 24.9. The lowest BCUT2D eigenvalue weighted by molar-refractivity contribution is -0.124. The molecule has 2 aromatic rings. The number of ether oxygens (including phenoxy) is 2. The molecule has 0 unspecified atom stereocenters. The molecule has 0 fully saturated rings. The Kier molecular flexibility index (Phi) is 10.8. The second-order valence-corrected chi connectivity index (χ2v) is 7.66. The van der Waals surface area contributed by atoms with Crippen LogP contribution in [-0.4, -0.2) is 41.3 Å². The Balaban J connectivity index is 2.11. The summed E-state index contributed by atoms with van der Waals surface area (Å²) >= 11 is 0. The first-order valence-corrected chi connectivity index (χ1v) is 10.9. The number of carbonyl (C=O) groups is 3. The molecule has 0 spiro atoms. The van der Waals surface area contributed by atoms with Crippen molar-refractivity contribution in [3.05, 3.63) is 71.8 Å². The summed E-state index contributed by atoms with van der Waals surface area (Å²) in [6, 6.07) is 13.5. The third-order valence-corrected chi connectivity index (χ3v) is 5.03. The molecule has 2 rings (SSSR count). The maximum Gasteiger partial charge on any atom is 0.412 e. The minimum absolute atomic E-state index is 0.0695. The van der Waals surface area contributed by atoms with Crippen molar-refractivity contribution in [3.63, 3.8) is 0 Å². The third-order valence-electron chi connectivity index (χ3n) is 5.03. The van der Waals surface area contributed by atoms with E-state index in [1.807, 2.05) is 6.92 Å². The predicted octanol–water partition coefficient (Wildman–Crippen LogP) is 4.03. The summed E-state index contributed by atoms with van der Waals surface area (Å²) in [6.45, 7) is 3.47. The lowest BCUT2D eigenvalue weighted by Crippen LogP contribution is -2.22. The number of Topliss-reactive ketones (excluding diaryl/α,β-unsaturated/α-hetero) is 1. The van der Waals surface area contributed by atoms with Gasteiger partial charge in [0, 0.05) is 17.3 Å². The fourth-order valence-electron chi connectivity index (χ4n) is 3.22. The average molecular weight is 471 g/mol. The van der Waals surface area contributed by atoms with Gasteiger partial charge in [0.1, 0.15) is 18.5 Å². The van der Waals surface area contributed by atoms with Gasteiger partial charge < -0.3 is 14.6 Å². The number of amides is 2. The van der Waals surface area contributed by atoms with Crippen molar-refractivity contribution >= 4 is 23.5 Å². The minimum atomic E-state index is -0.650. The van der Waals surface area contributed by atoms with E-state index in [4.69, 9.17) is 19.8 Å². The van der Waals surface area contributed by atoms with Crippen LogP contribution in [0, 0.1) is 5.92 Å². The van der Waals surface area contributed by atoms with Crippen LogP contribution in [0.1, 0.15) is 48.7 Å². The van der Waals surface area contributed by atoms with E-state index in [9.17, 15) is 14.4 Å². The molecule has 182 valence electrons. The third kappa shape index (κ3) is 8.68. The van der Waals surface area contributed by atoms with Crippen LogP contribution in [0.4, 0.5) is 10.5 Å². The van der Waals surface area contributed by atoms with E-state index in [2.05, 4.69) is 5.32 Å². The van der Waals surface area contributed by atoms with E-state index in [0.717, 1.165) is 5.56 Å². The molecule has 0 radical (unpaired) electrons. The van der Waals surface area contributed by atoms with Gasteiger partial charge in [-0.05, 0) is 67.6 Å². The van der Waals surface area contributed by atoms with Gasteiger partial charge in [0.15, 0.2) is 5.78 Å². The molecule has 34 heavy (non-hydrogen) atoms. The second-order valence-electron chi connectivity index (χ2n) is 7.66. The Morgan fingerprint density at radius 3 is 2.32 bits per heavy atom. The summed E-state index contributed by atoms with van der Waals surface area (Å²) in [4.78, 5) is 35.2. The molecule has 0 saturated heterocycles. The summed E-state index contributed by atoms with van der Waals surface area (Å²) in [6.07, 6.45) is 2.74. The van der Waals surface area contributed by atoms with Gasteiger partial charge in [-0.1, -0.05) is 25.1 Å². The van der Waals surface area contributed by atoms with Crippen molar-refractivity contribution in [1.29, 1.82) is 0 Å². The molecule has 0 saturated carbocycles. The van der Waals surface area contributed by atoms with Crippen LogP contribution in [0.15, 0.2) is 60.7 Å². The van der Waals surface area contributed by atoms with Gasteiger partial charge in [-0.25, -0.2) is 10.3 Å². The Morgan fingerprint density at radius 2 is 1.74 bits per heavy atom. The fourth-order valence-corrected chi connectivity index (χ4v) is 3.22. The fraction of sp³-hybridized carbons (Fsp3) is 0.320. The number of carbonyl (C=O) groups excluding carboxylic acids is 3. The van der Waals surface area contributed by atoms with E-state index in [1.165, 1.54) is 18.5 Å². The highest BCUT2D eigenvalue weighted by atomic mass is 16.6. The standard InChI is InChI=1S/C25H30N2O7/c1-17(5-3-4-6-23(30)27-32)24(20-9-13-22(14-10-20)33-16-15-28)34-25(31)26-21-11-7-19(8-12-21)18(2)29/h4,6-14,17,24,28,32H,3,5,15-16H2,1-2H3,(H,26,31)(H,27,30)/b6-4+/t17-,24-/m0/s1. The highest BCUT2D eigenvalue weighted by Gasteiger charge is 2.23. The number of hydrogen-bond acceptors (Lipinski definition) is 7. The predicted molar refractivity (Wildman–Crippen MR) is 126 cm³/mol. The molecule has 9 heteroatoms. The molecule has 0 aromatic heterocycles. The van der Waals surface area contributed by atoms with Gasteiger partial charge in [0.25, 0.3) is 5.91 Å². The maximum absolute atomic E-state index is 12.6. The first kappa shape index (κ1) is 26.6. The van der Waals surface area contributed by atoms with Gasteiger partial charge in [-0.2, -0.15) is 0 Å². The van der Waals surface area contributed by atoms with Gasteiger partial charge in [0.05, 0.1) is 6.61 Å². The summed E-state index contributed by atoms with van der Waals surface area (Å²) in [5.74, 6) is -0.219. The largest absolute Gasteiger partial charge is 0.491 e. The lowest BCUT2D eigenvalue weighted by Gasteiger charge is -2.25. The van der Waals surface area contributed by atoms with Crippen LogP contribution >= 0.6 is 0 Å². The van der Waals surface area contributed by atoms with Crippen molar-refractivity contribution in [2.45, 2.75) is 32.8 Å². The Morgan fingerprint density at radius 1 is 1.06 bits per heavy atom. The van der Waals surface area contributed by atoms with E-state index in [0.29, 0.717) is 29.8 Å². The number of hydroxylamine groups is 1. The van der Waals surface area contributed by atoms with Crippen LogP contribution in [0.3, 0.4) is 0 Å². The van der Waals surface area contributed by atoms with Crippen molar-refractivity contribution in [2.75, 3.05) is 18.5 Å². The smallest absolute Gasteiger partial charge is 0.412 e. The number of ketones is 1. The molecule has 9 nitrogen and oxygen atoms in total. The van der Waals surface area contributed by atoms with Gasteiger partial charge in [-0.15, -0.1) is 0 Å². The second kappa shape index (κ2) is 13.8. The van der Waals surface area contributed by atoms with Crippen molar-refractivity contribution in [1.82, 2.24) is 5.48 Å². The molecule has 4 N–H and O–H groups in total. The first-order valence-electron chi connectivity index (χ1n) is 10.9. The molecule has 2 amide bonds. The highest BCUT2D eigenvalue weighted by Crippen LogP contribution is 2.31. The van der Waals surface area contributed by atoms with E-state index >= 15 is 0 Å². The van der Waals surface area contributed by atoms with Crippen molar-refractivity contribution < 1.29 is 34.2 Å². The molecule has 0 bridgehead atoms. The van der Waals surface area contributed by atoms with Crippen LogP contribution in [0.25, 0.3) is 0 Å². The zero-order valence-corrected chi connectivity index (χ0v) is 19.2. The van der Waals surface area contributed by atoms with Gasteiger partial charge in [-0.3, -0.25) is 20.1 Å². The van der Waals surface area contributed by atoms with Gasteiger partial charge in [0.2, 0.25) is 0 Å². The average Bonchev–Trinajstić information content (AvgIpc) is 2.84. The van der Waals surface area contributed by atoms with Crippen LogP contribution in [0.5, 0.6) is 5.75 Å². The number of benzene rings is 2. The number of anilines is 1. The molecule has 0 heterocycles. The van der Waals surface area contributed by atoms with Crippen LogP contribution in [0.2, 0.25) is 0 Å². The molecule has 2 aromatic carbocycles. The number of aliphatic hydroxyl groups is 1. The Bertz CT molecular complexity index is 972. The van der Waals surface area contributed by atoms with Crippen molar-refractivity contribution in [3.8, 4) is 5.75 Å². The number of nitrogens with one attached hydrogen (secondary N) is 2. The normalized spacial score (nSPS) is 12.6. The first-order chi connectivity index (χ1) is 16.3. The Hall–Kier alpha value is -3.69. The molecule has 0 aliphatic carbocycles. The van der Waals surface area contributed by atoms with Crippen molar-refractivity contribution in [2.24, 2.45) is 5.92 Å². The number of rotatable bonds is 12. The number of hydrogen-bond donors (Lipinski definition) is 4. The summed E-state index contributed by atoms with van der Waals surface area (Å²) in [7, 11) is 0. The van der Waals surface area contributed by atoms with E-state index < -0.39 is 18.1 Å². The molecule has 0 aliphatic rings. The maximum atomic E-state index is 12.6. The molecule has 2 atom stereocenters. The minimum Gasteiger partial charge on any atom is -0.491 e. The Labute approximate surface area is 198 Å². The molecular formula is C25H30N2O7. The zero-order valence-electron chi connectivity index (χ0n) is 19.2. The van der Waals surface area contributed by atoms with Crippen LogP contribution < -0.4 is 15.5 Å². The molecule has 0 aliphatic heterocycles. The topological polar surface area (TPSA) is 134 Å². The van der Waals surface area contributed by atoms with Crippen LogP contribution in [-0.2, 0) is 9.53 Å². The quantitative estimate of drug-likeness (QED) is 0.159. The molecular weight excluding hydrogens is 440 g/mol. The number of allylic oxidation sites excluding steroid dienone is 1. The lowest BCUT2D eigenvalue weighted by atomic mass is 9.93. The van der Waals surface area contributed by atoms with E-state index in [1.54, 1.807) is 54.6 Å². The SMILES string of the molecule is CC(=O)c1ccc(NC(=O)O[C@H](c2ccc(OCCO)cc2)[C@@H](C)CC/C=C/C(=O)NO)cc1. The summed E-state index contributed by atoms with van der Waals surface area (Å²) in [5.41, 5.74) is 3.32. The number of aliphatic hydroxyl groups excluding tert-OH is 1. The summed E-state index contributed by atoms with van der Waals surface area (Å²) < 4.78 is 11.1. The highest BCUT2D eigenvalue weighted by molar-refractivity contribution is 5.95. The summed E-state index contributed by atoms with van der Waals surface area (Å²) in [5, 5.41) is 20.1. The van der Waals surface area contributed by atoms with E-state index in [-0.39, 0.29) is 24.9 Å². The van der Waals surface area contributed by atoms with Gasteiger partial charge >= 0.3 is 6.09 Å². The monoisotopic (exact) mass is 470 g/mol.